The van der Waals surface area contributed by atoms with Gasteiger partial charge in [-0.25, -0.2) is 9.59 Å². The molecule has 0 radical (unpaired) electrons. The third-order valence-corrected chi connectivity index (χ3v) is 9.07. The first-order valence-corrected chi connectivity index (χ1v) is 17.1. The molecule has 0 bridgehead atoms. The van der Waals surface area contributed by atoms with E-state index in [0.717, 1.165) is 44.9 Å². The summed E-state index contributed by atoms with van der Waals surface area (Å²) in [5.41, 5.74) is 1.36. The smallest absolute Gasteiger partial charge is 0.323 e. The van der Waals surface area contributed by atoms with E-state index in [4.69, 9.17) is 9.47 Å². The van der Waals surface area contributed by atoms with Crippen LogP contribution in [0.15, 0.2) is 48.5 Å². The highest BCUT2D eigenvalue weighted by Gasteiger charge is 2.31. The Hall–Kier alpha value is -3.83. The Morgan fingerprint density at radius 3 is 2.40 bits per heavy atom. The number of hydrogen-bond acceptors (Lipinski definition) is 6. The molecule has 1 saturated carbocycles. The lowest BCUT2D eigenvalue weighted by molar-refractivity contribution is -0.0123. The zero-order valence-corrected chi connectivity index (χ0v) is 28.4. The quantitative estimate of drug-likeness (QED) is 0.286. The minimum absolute atomic E-state index is 0.111. The van der Waals surface area contributed by atoms with Crippen LogP contribution in [0.5, 0.6) is 5.75 Å². The van der Waals surface area contributed by atoms with Gasteiger partial charge in [-0.3, -0.25) is 4.79 Å². The highest BCUT2D eigenvalue weighted by atomic mass is 16.5. The lowest BCUT2D eigenvalue weighted by Gasteiger charge is -2.36. The van der Waals surface area contributed by atoms with Crippen molar-refractivity contribution in [3.05, 3.63) is 54.1 Å². The number of carbonyl (C=O) groups is 3. The van der Waals surface area contributed by atoms with Gasteiger partial charge in [0.25, 0.3) is 5.91 Å². The summed E-state index contributed by atoms with van der Waals surface area (Å²) in [4.78, 5) is 43.6. The van der Waals surface area contributed by atoms with E-state index in [2.05, 4.69) is 16.0 Å². The van der Waals surface area contributed by atoms with Crippen LogP contribution in [-0.2, 0) is 4.74 Å². The number of rotatable bonds is 7. The number of aliphatic hydroxyl groups is 1. The van der Waals surface area contributed by atoms with E-state index in [-0.39, 0.29) is 49.3 Å². The SMILES string of the molecule is C[C@H](CO)N1C[C@H](C)[C@@H](CN(C)C(=O)NC2CCCCC2)OCCCC[C@H](C)Oc2ccc(NC(=O)Nc3ccccc3)cc2C1=O. The average Bonchev–Trinajstić information content (AvgIpc) is 3.06. The first-order chi connectivity index (χ1) is 22.6. The predicted octanol–water partition coefficient (Wildman–Crippen LogP) is 6.10. The normalized spacial score (nSPS) is 22.2. The van der Waals surface area contributed by atoms with Gasteiger partial charge < -0.3 is 40.3 Å². The summed E-state index contributed by atoms with van der Waals surface area (Å²) in [6.45, 7) is 6.72. The molecule has 0 saturated heterocycles. The zero-order valence-electron chi connectivity index (χ0n) is 28.4. The van der Waals surface area contributed by atoms with Crippen molar-refractivity contribution in [2.45, 2.75) is 96.4 Å². The van der Waals surface area contributed by atoms with Crippen molar-refractivity contribution in [3.8, 4) is 5.75 Å². The number of hydrogen-bond donors (Lipinski definition) is 4. The Morgan fingerprint density at radius 2 is 1.68 bits per heavy atom. The number of carbonyl (C=O) groups excluding carboxylic acids is 3. The molecule has 11 heteroatoms. The second kappa shape index (κ2) is 17.9. The Kier molecular flexibility index (Phi) is 13.7. The summed E-state index contributed by atoms with van der Waals surface area (Å²) < 4.78 is 12.7. The molecule has 2 aromatic carbocycles. The highest BCUT2D eigenvalue weighted by Crippen LogP contribution is 2.29. The van der Waals surface area contributed by atoms with Gasteiger partial charge in [0.1, 0.15) is 5.75 Å². The van der Waals surface area contributed by atoms with Crippen molar-refractivity contribution < 1.29 is 29.0 Å². The molecule has 47 heavy (non-hydrogen) atoms. The minimum Gasteiger partial charge on any atom is -0.490 e. The van der Waals surface area contributed by atoms with Crippen LogP contribution in [0.4, 0.5) is 21.0 Å². The molecule has 0 spiro atoms. The van der Waals surface area contributed by atoms with E-state index in [1.807, 2.05) is 32.0 Å². The van der Waals surface area contributed by atoms with E-state index in [9.17, 15) is 19.5 Å². The van der Waals surface area contributed by atoms with Crippen molar-refractivity contribution in [2.75, 3.05) is 44.0 Å². The number of fused-ring (bicyclic) bond motifs is 1. The maximum atomic E-state index is 14.3. The fraction of sp³-hybridized carbons (Fsp3) is 0.583. The molecule has 1 heterocycles. The predicted molar refractivity (Wildman–Crippen MR) is 184 cm³/mol. The molecular formula is C36H53N5O6. The van der Waals surface area contributed by atoms with Gasteiger partial charge in [0, 0.05) is 50.1 Å². The number of urea groups is 2. The van der Waals surface area contributed by atoms with Crippen LogP contribution >= 0.6 is 0 Å². The van der Waals surface area contributed by atoms with Crippen molar-refractivity contribution in [1.82, 2.24) is 15.1 Å². The van der Waals surface area contributed by atoms with Crippen molar-refractivity contribution >= 4 is 29.3 Å². The van der Waals surface area contributed by atoms with Gasteiger partial charge in [0.05, 0.1) is 30.4 Å². The number of nitrogens with one attached hydrogen (secondary N) is 3. The maximum absolute atomic E-state index is 14.3. The molecule has 4 atom stereocenters. The molecule has 4 N–H and O–H groups in total. The monoisotopic (exact) mass is 651 g/mol. The molecule has 1 aliphatic carbocycles. The van der Waals surface area contributed by atoms with Gasteiger partial charge in [-0.15, -0.1) is 0 Å². The fourth-order valence-electron chi connectivity index (χ4n) is 6.16. The summed E-state index contributed by atoms with van der Waals surface area (Å²) >= 11 is 0. The molecule has 4 rings (SSSR count). The average molecular weight is 652 g/mol. The maximum Gasteiger partial charge on any atom is 0.323 e. The second-order valence-electron chi connectivity index (χ2n) is 13.1. The number of nitrogens with zero attached hydrogens (tertiary/aromatic N) is 2. The second-order valence-corrected chi connectivity index (χ2v) is 13.1. The van der Waals surface area contributed by atoms with E-state index < -0.39 is 12.1 Å². The van der Waals surface area contributed by atoms with Gasteiger partial charge in [-0.05, 0) is 76.3 Å². The van der Waals surface area contributed by atoms with E-state index >= 15 is 0 Å². The number of likely N-dealkylation sites (N-methyl/N-ethyl adjacent to an activating group) is 1. The molecule has 258 valence electrons. The van der Waals surface area contributed by atoms with Crippen LogP contribution in [-0.4, -0.2) is 90.5 Å². The van der Waals surface area contributed by atoms with E-state index in [0.29, 0.717) is 35.8 Å². The molecule has 2 aliphatic rings. The fourth-order valence-corrected chi connectivity index (χ4v) is 6.16. The largest absolute Gasteiger partial charge is 0.490 e. The van der Waals surface area contributed by atoms with Crippen LogP contribution in [0.1, 0.15) is 82.5 Å². The number of ether oxygens (including phenoxy) is 2. The lowest BCUT2D eigenvalue weighted by Crippen LogP contribution is -2.50. The first-order valence-electron chi connectivity index (χ1n) is 17.1. The van der Waals surface area contributed by atoms with Gasteiger partial charge >= 0.3 is 12.1 Å². The summed E-state index contributed by atoms with van der Waals surface area (Å²) in [5, 5.41) is 19.0. The molecule has 0 aromatic heterocycles. The Balaban J connectivity index is 1.56. The Bertz CT molecular complexity index is 1300. The van der Waals surface area contributed by atoms with Crippen LogP contribution in [0.25, 0.3) is 0 Å². The van der Waals surface area contributed by atoms with Gasteiger partial charge in [-0.1, -0.05) is 44.4 Å². The van der Waals surface area contributed by atoms with Crippen LogP contribution in [0.3, 0.4) is 0 Å². The summed E-state index contributed by atoms with van der Waals surface area (Å²) in [7, 11) is 1.79. The van der Waals surface area contributed by atoms with Gasteiger partial charge in [0.15, 0.2) is 0 Å². The molecule has 1 fully saturated rings. The van der Waals surface area contributed by atoms with Crippen LogP contribution in [0, 0.1) is 5.92 Å². The third kappa shape index (κ3) is 10.9. The van der Waals surface area contributed by atoms with E-state index in [1.54, 1.807) is 54.1 Å². The molecule has 0 unspecified atom stereocenters. The first kappa shape index (κ1) is 36.0. The van der Waals surface area contributed by atoms with Gasteiger partial charge in [0.2, 0.25) is 0 Å². The third-order valence-electron chi connectivity index (χ3n) is 9.07. The van der Waals surface area contributed by atoms with Gasteiger partial charge in [-0.2, -0.15) is 0 Å². The van der Waals surface area contributed by atoms with E-state index in [1.165, 1.54) is 6.42 Å². The standard InChI is InChI=1S/C36H53N5O6/c1-25-22-41(26(2)24-42)34(43)31-21-30(38-35(44)37-28-14-7-5-8-15-28)18-19-32(31)47-27(3)13-11-12-20-46-33(25)23-40(4)36(45)39-29-16-9-6-10-17-29/h5,7-8,14-15,18-19,21,25-27,29,33,42H,6,9-13,16-17,20,22-24H2,1-4H3,(H,39,45)(H2,37,38,44)/t25-,26+,27-,33+/m0/s1. The lowest BCUT2D eigenvalue weighted by atomic mass is 9.96. The van der Waals surface area contributed by atoms with Crippen molar-refractivity contribution in [3.63, 3.8) is 0 Å². The molecule has 1 aliphatic heterocycles. The van der Waals surface area contributed by atoms with Crippen LogP contribution < -0.4 is 20.7 Å². The molecule has 2 aromatic rings. The topological polar surface area (TPSA) is 132 Å². The number of benzene rings is 2. The highest BCUT2D eigenvalue weighted by molar-refractivity contribution is 6.02. The van der Waals surface area contributed by atoms with Crippen molar-refractivity contribution in [2.24, 2.45) is 5.92 Å². The summed E-state index contributed by atoms with van der Waals surface area (Å²) in [6.07, 6.45) is 7.46. The number of anilines is 2. The molecular weight excluding hydrogens is 598 g/mol. The number of para-hydroxylation sites is 1. The number of aliphatic hydroxyl groups excluding tert-OH is 1. The Morgan fingerprint density at radius 1 is 0.979 bits per heavy atom. The Labute approximate surface area is 279 Å². The van der Waals surface area contributed by atoms with Crippen molar-refractivity contribution in [1.29, 1.82) is 0 Å². The molecule has 5 amide bonds. The zero-order chi connectivity index (χ0) is 33.8. The minimum atomic E-state index is -0.505. The summed E-state index contributed by atoms with van der Waals surface area (Å²) in [5.74, 6) is -0.0720. The molecule has 11 nitrogen and oxygen atoms in total. The van der Waals surface area contributed by atoms with Crippen LogP contribution in [0.2, 0.25) is 0 Å². The number of amides is 5. The summed E-state index contributed by atoms with van der Waals surface area (Å²) in [6, 6.07) is 13.3.